The van der Waals surface area contributed by atoms with Crippen molar-refractivity contribution in [3.8, 4) is 0 Å². The number of anilines is 1. The summed E-state index contributed by atoms with van der Waals surface area (Å²) < 4.78 is 5.19. The largest absolute Gasteiger partial charge is 0.423 e. The van der Waals surface area contributed by atoms with Crippen LogP contribution >= 0.6 is 0 Å². The molecular formula is C21H22N2O3. The smallest absolute Gasteiger partial charge is 0.338 e. The Labute approximate surface area is 152 Å². The minimum atomic E-state index is -0.374. The molecule has 0 radical (unpaired) electrons. The van der Waals surface area contributed by atoms with Gasteiger partial charge in [-0.2, -0.15) is 0 Å². The Morgan fingerprint density at radius 3 is 2.62 bits per heavy atom. The molecule has 3 rings (SSSR count). The summed E-state index contributed by atoms with van der Waals surface area (Å²) in [5, 5.41) is 4.15. The van der Waals surface area contributed by atoms with Crippen LogP contribution in [0, 0.1) is 0 Å². The average Bonchev–Trinajstić information content (AvgIpc) is 2.65. The van der Waals surface area contributed by atoms with Crippen LogP contribution in [0.3, 0.4) is 0 Å². The van der Waals surface area contributed by atoms with Gasteiger partial charge in [0.2, 0.25) is 5.91 Å². The van der Waals surface area contributed by atoms with Crippen molar-refractivity contribution in [2.75, 3.05) is 25.5 Å². The summed E-state index contributed by atoms with van der Waals surface area (Å²) in [4.78, 5) is 25.6. The number of nitrogens with zero attached hydrogens (tertiary/aromatic N) is 1. The van der Waals surface area contributed by atoms with Gasteiger partial charge in [0.25, 0.3) is 0 Å². The van der Waals surface area contributed by atoms with Gasteiger partial charge in [-0.1, -0.05) is 42.5 Å². The molecule has 134 valence electrons. The second-order valence-electron chi connectivity index (χ2n) is 6.23. The third kappa shape index (κ3) is 4.51. The Hall–Kier alpha value is -3.08. The number of likely N-dealkylation sites (N-methyl/N-ethyl adjacent to an activating group) is 1. The van der Waals surface area contributed by atoms with E-state index in [1.807, 2.05) is 55.6 Å². The monoisotopic (exact) mass is 350 g/mol. The van der Waals surface area contributed by atoms with Crippen LogP contribution in [-0.2, 0) is 11.2 Å². The number of benzene rings is 2. The Bertz CT molecular complexity index is 935. The maximum absolute atomic E-state index is 12.2. The van der Waals surface area contributed by atoms with Gasteiger partial charge in [-0.3, -0.25) is 4.79 Å². The molecule has 0 bridgehead atoms. The Balaban J connectivity index is 1.51. The van der Waals surface area contributed by atoms with Crippen LogP contribution in [0.1, 0.15) is 12.0 Å². The molecule has 1 aromatic heterocycles. The van der Waals surface area contributed by atoms with Crippen molar-refractivity contribution in [3.05, 3.63) is 76.6 Å². The van der Waals surface area contributed by atoms with Crippen molar-refractivity contribution >= 4 is 22.6 Å². The third-order valence-corrected chi connectivity index (χ3v) is 4.26. The Morgan fingerprint density at radius 2 is 1.81 bits per heavy atom. The molecule has 26 heavy (non-hydrogen) atoms. The number of hydrogen-bond donors (Lipinski definition) is 1. The molecule has 1 N–H and O–H groups in total. The SMILES string of the molecule is CN(CCCNc1cc(=O)oc2ccccc12)C(=O)Cc1ccccc1. The summed E-state index contributed by atoms with van der Waals surface area (Å²) in [5.41, 5.74) is 1.97. The highest BCUT2D eigenvalue weighted by molar-refractivity contribution is 5.89. The first-order valence-corrected chi connectivity index (χ1v) is 8.68. The quantitative estimate of drug-likeness (QED) is 0.525. The number of carbonyl (C=O) groups is 1. The zero-order chi connectivity index (χ0) is 18.4. The predicted molar refractivity (Wildman–Crippen MR) is 103 cm³/mol. The summed E-state index contributed by atoms with van der Waals surface area (Å²) in [6.45, 7) is 1.31. The van der Waals surface area contributed by atoms with E-state index in [4.69, 9.17) is 4.42 Å². The molecule has 5 heteroatoms. The summed E-state index contributed by atoms with van der Waals surface area (Å²) in [5.74, 6) is 0.0991. The molecule has 3 aromatic rings. The fourth-order valence-corrected chi connectivity index (χ4v) is 2.83. The lowest BCUT2D eigenvalue weighted by Gasteiger charge is -2.17. The number of carbonyl (C=O) groups excluding carboxylic acids is 1. The summed E-state index contributed by atoms with van der Waals surface area (Å²) in [6, 6.07) is 18.6. The Kier molecular flexibility index (Phi) is 5.69. The second-order valence-corrected chi connectivity index (χ2v) is 6.23. The summed E-state index contributed by atoms with van der Waals surface area (Å²) in [6.07, 6.45) is 1.20. The summed E-state index contributed by atoms with van der Waals surface area (Å²) >= 11 is 0. The van der Waals surface area contributed by atoms with Crippen LogP contribution in [0.4, 0.5) is 5.69 Å². The first-order valence-electron chi connectivity index (χ1n) is 8.68. The van der Waals surface area contributed by atoms with Crippen LogP contribution in [-0.4, -0.2) is 30.9 Å². The highest BCUT2D eigenvalue weighted by atomic mass is 16.4. The van der Waals surface area contributed by atoms with E-state index in [0.29, 0.717) is 25.1 Å². The van der Waals surface area contributed by atoms with Gasteiger partial charge in [0, 0.05) is 31.6 Å². The van der Waals surface area contributed by atoms with Crippen LogP contribution in [0.25, 0.3) is 11.0 Å². The molecule has 0 saturated carbocycles. The number of nitrogens with one attached hydrogen (secondary N) is 1. The van der Waals surface area contributed by atoms with E-state index in [9.17, 15) is 9.59 Å². The van der Waals surface area contributed by atoms with Crippen LogP contribution in [0.15, 0.2) is 69.9 Å². The third-order valence-electron chi connectivity index (χ3n) is 4.26. The van der Waals surface area contributed by atoms with Crippen molar-refractivity contribution in [3.63, 3.8) is 0 Å². The number of para-hydroxylation sites is 1. The lowest BCUT2D eigenvalue weighted by molar-refractivity contribution is -0.129. The molecular weight excluding hydrogens is 328 g/mol. The lowest BCUT2D eigenvalue weighted by Crippen LogP contribution is -2.30. The van der Waals surface area contributed by atoms with E-state index in [1.54, 1.807) is 11.0 Å². The molecule has 0 aliphatic heterocycles. The average molecular weight is 350 g/mol. The molecule has 0 aliphatic rings. The number of fused-ring (bicyclic) bond motifs is 1. The van der Waals surface area contributed by atoms with Crippen molar-refractivity contribution in [1.82, 2.24) is 4.90 Å². The molecule has 1 heterocycles. The van der Waals surface area contributed by atoms with Gasteiger partial charge >= 0.3 is 5.63 Å². The Morgan fingerprint density at radius 1 is 1.08 bits per heavy atom. The van der Waals surface area contributed by atoms with E-state index in [-0.39, 0.29) is 11.5 Å². The molecule has 0 unspecified atom stereocenters. The molecule has 1 amide bonds. The zero-order valence-electron chi connectivity index (χ0n) is 14.8. The van der Waals surface area contributed by atoms with Gasteiger partial charge in [0.15, 0.2) is 0 Å². The molecule has 0 atom stereocenters. The topological polar surface area (TPSA) is 62.6 Å². The highest BCUT2D eigenvalue weighted by Crippen LogP contribution is 2.20. The minimum absolute atomic E-state index is 0.0991. The number of amides is 1. The first-order chi connectivity index (χ1) is 12.6. The highest BCUT2D eigenvalue weighted by Gasteiger charge is 2.09. The van der Waals surface area contributed by atoms with Gasteiger partial charge in [-0.05, 0) is 24.1 Å². The predicted octanol–water partition coefficient (Wildman–Crippen LogP) is 3.30. The van der Waals surface area contributed by atoms with Gasteiger partial charge < -0.3 is 14.6 Å². The molecule has 2 aromatic carbocycles. The van der Waals surface area contributed by atoms with Crippen LogP contribution in [0.2, 0.25) is 0 Å². The summed E-state index contributed by atoms with van der Waals surface area (Å²) in [7, 11) is 1.82. The normalized spacial score (nSPS) is 10.7. The van der Waals surface area contributed by atoms with Gasteiger partial charge in [0.1, 0.15) is 5.58 Å². The number of hydrogen-bond acceptors (Lipinski definition) is 4. The maximum Gasteiger partial charge on any atom is 0.338 e. The molecule has 0 spiro atoms. The standard InChI is InChI=1S/C21H22N2O3/c1-23(20(24)14-16-8-3-2-4-9-16)13-7-12-22-18-15-21(25)26-19-11-6-5-10-17(18)19/h2-6,8-11,15,22H,7,12-14H2,1H3. The fourth-order valence-electron chi connectivity index (χ4n) is 2.83. The molecule has 5 nitrogen and oxygen atoms in total. The number of rotatable bonds is 7. The van der Waals surface area contributed by atoms with E-state index in [2.05, 4.69) is 5.32 Å². The zero-order valence-corrected chi connectivity index (χ0v) is 14.8. The molecule has 0 saturated heterocycles. The molecule has 0 aliphatic carbocycles. The van der Waals surface area contributed by atoms with E-state index in [0.717, 1.165) is 23.1 Å². The fraction of sp³-hybridized carbons (Fsp3) is 0.238. The van der Waals surface area contributed by atoms with E-state index < -0.39 is 0 Å². The van der Waals surface area contributed by atoms with E-state index >= 15 is 0 Å². The van der Waals surface area contributed by atoms with Crippen molar-refractivity contribution < 1.29 is 9.21 Å². The maximum atomic E-state index is 12.2. The van der Waals surface area contributed by atoms with E-state index in [1.165, 1.54) is 6.07 Å². The lowest BCUT2D eigenvalue weighted by atomic mass is 10.1. The van der Waals surface area contributed by atoms with Crippen molar-refractivity contribution in [2.24, 2.45) is 0 Å². The minimum Gasteiger partial charge on any atom is -0.423 e. The second kappa shape index (κ2) is 8.34. The van der Waals surface area contributed by atoms with Crippen molar-refractivity contribution in [1.29, 1.82) is 0 Å². The van der Waals surface area contributed by atoms with Crippen molar-refractivity contribution in [2.45, 2.75) is 12.8 Å². The first kappa shape index (κ1) is 17.7. The van der Waals surface area contributed by atoms with Gasteiger partial charge in [-0.25, -0.2) is 4.79 Å². The van der Waals surface area contributed by atoms with Gasteiger partial charge in [0.05, 0.1) is 12.1 Å². The van der Waals surface area contributed by atoms with Crippen LogP contribution in [0.5, 0.6) is 0 Å². The van der Waals surface area contributed by atoms with Gasteiger partial charge in [-0.15, -0.1) is 0 Å². The molecule has 0 fully saturated rings. The van der Waals surface area contributed by atoms with Crippen LogP contribution < -0.4 is 10.9 Å².